The van der Waals surface area contributed by atoms with Crippen LogP contribution in [-0.4, -0.2) is 50.3 Å². The second kappa shape index (κ2) is 5.38. The Balaban J connectivity index is 2.17. The smallest absolute Gasteiger partial charge is 0.120 e. The van der Waals surface area contributed by atoms with Crippen molar-refractivity contribution in [2.45, 2.75) is 6.54 Å². The van der Waals surface area contributed by atoms with Crippen LogP contribution < -0.4 is 10.2 Å². The summed E-state index contributed by atoms with van der Waals surface area (Å²) in [5.74, 6) is 0.387. The van der Waals surface area contributed by atoms with Crippen molar-refractivity contribution in [3.63, 3.8) is 0 Å². The van der Waals surface area contributed by atoms with Gasteiger partial charge in [-0.1, -0.05) is 0 Å². The fraction of sp³-hybridized carbons (Fsp3) is 0.538. The largest absolute Gasteiger partial charge is 0.508 e. The van der Waals surface area contributed by atoms with Crippen molar-refractivity contribution in [2.75, 3.05) is 45.2 Å². The van der Waals surface area contributed by atoms with Crippen molar-refractivity contribution in [2.24, 2.45) is 0 Å². The third kappa shape index (κ3) is 3.11. The first kappa shape index (κ1) is 12.2. The third-order valence-corrected chi connectivity index (χ3v) is 3.03. The van der Waals surface area contributed by atoms with E-state index in [-0.39, 0.29) is 0 Å². The number of nitrogens with zero attached hydrogens (tertiary/aromatic N) is 2. The average molecular weight is 235 g/mol. The molecule has 1 saturated heterocycles. The number of rotatable bonds is 3. The first-order chi connectivity index (χ1) is 8.16. The first-order valence-electron chi connectivity index (χ1n) is 6.09. The standard InChI is InChI=1S/C13H21N3O/c1-15(2)10-11-9-12(3-4-13(11)17)16-7-5-14-6-8-16/h3-4,9,14,17H,5-8,10H2,1-2H3. The van der Waals surface area contributed by atoms with Crippen LogP contribution in [0.3, 0.4) is 0 Å². The van der Waals surface area contributed by atoms with E-state index in [4.69, 9.17) is 0 Å². The molecular weight excluding hydrogens is 214 g/mol. The highest BCUT2D eigenvalue weighted by Crippen LogP contribution is 2.25. The Morgan fingerprint density at radius 2 is 2.00 bits per heavy atom. The number of hydrogen-bond donors (Lipinski definition) is 2. The highest BCUT2D eigenvalue weighted by atomic mass is 16.3. The van der Waals surface area contributed by atoms with Crippen molar-refractivity contribution in [3.8, 4) is 5.75 Å². The van der Waals surface area contributed by atoms with Gasteiger partial charge in [-0.15, -0.1) is 0 Å². The van der Waals surface area contributed by atoms with Gasteiger partial charge < -0.3 is 20.2 Å². The lowest BCUT2D eigenvalue weighted by atomic mass is 10.1. The maximum atomic E-state index is 9.82. The van der Waals surface area contributed by atoms with Gasteiger partial charge in [0.05, 0.1) is 0 Å². The predicted molar refractivity (Wildman–Crippen MR) is 70.6 cm³/mol. The zero-order valence-corrected chi connectivity index (χ0v) is 10.6. The predicted octanol–water partition coefficient (Wildman–Crippen LogP) is 0.863. The Labute approximate surface area is 103 Å². The molecule has 4 nitrogen and oxygen atoms in total. The van der Waals surface area contributed by atoms with E-state index in [2.05, 4.69) is 21.2 Å². The van der Waals surface area contributed by atoms with Crippen LogP contribution in [-0.2, 0) is 6.54 Å². The summed E-state index contributed by atoms with van der Waals surface area (Å²) in [5.41, 5.74) is 2.20. The molecule has 0 aromatic heterocycles. The second-order valence-electron chi connectivity index (χ2n) is 4.79. The summed E-state index contributed by atoms with van der Waals surface area (Å²) in [7, 11) is 4.02. The van der Waals surface area contributed by atoms with Gasteiger partial charge in [0.1, 0.15) is 5.75 Å². The van der Waals surface area contributed by atoms with E-state index in [9.17, 15) is 5.11 Å². The summed E-state index contributed by atoms with van der Waals surface area (Å²) in [6.07, 6.45) is 0. The van der Waals surface area contributed by atoms with Gasteiger partial charge in [0.2, 0.25) is 0 Å². The number of phenols is 1. The molecule has 1 fully saturated rings. The lowest BCUT2D eigenvalue weighted by Crippen LogP contribution is -2.43. The summed E-state index contributed by atoms with van der Waals surface area (Å²) >= 11 is 0. The van der Waals surface area contributed by atoms with E-state index in [1.807, 2.05) is 20.2 Å². The highest BCUT2D eigenvalue weighted by Gasteiger charge is 2.12. The van der Waals surface area contributed by atoms with E-state index >= 15 is 0 Å². The topological polar surface area (TPSA) is 38.7 Å². The van der Waals surface area contributed by atoms with Crippen molar-refractivity contribution in [3.05, 3.63) is 23.8 Å². The lowest BCUT2D eigenvalue weighted by molar-refractivity contribution is 0.386. The number of piperazine rings is 1. The summed E-state index contributed by atoms with van der Waals surface area (Å²) in [6.45, 7) is 4.90. The van der Waals surface area contributed by atoms with Crippen LogP contribution in [0.15, 0.2) is 18.2 Å². The molecule has 0 aliphatic carbocycles. The molecule has 94 valence electrons. The summed E-state index contributed by atoms with van der Waals surface area (Å²) < 4.78 is 0. The van der Waals surface area contributed by atoms with Crippen LogP contribution in [0, 0.1) is 0 Å². The van der Waals surface area contributed by atoms with Crippen LogP contribution in [0.5, 0.6) is 5.75 Å². The van der Waals surface area contributed by atoms with Crippen molar-refractivity contribution >= 4 is 5.69 Å². The summed E-state index contributed by atoms with van der Waals surface area (Å²) in [6, 6.07) is 5.90. The van der Waals surface area contributed by atoms with Crippen LogP contribution in [0.1, 0.15) is 5.56 Å². The molecule has 0 saturated carbocycles. The van der Waals surface area contributed by atoms with Crippen molar-refractivity contribution in [1.29, 1.82) is 0 Å². The van der Waals surface area contributed by atoms with E-state index in [1.54, 1.807) is 6.07 Å². The number of anilines is 1. The molecule has 2 N–H and O–H groups in total. The van der Waals surface area contributed by atoms with Gasteiger partial charge in [0, 0.05) is 44.0 Å². The van der Waals surface area contributed by atoms with E-state index in [0.29, 0.717) is 5.75 Å². The minimum absolute atomic E-state index is 0.387. The van der Waals surface area contributed by atoms with Crippen molar-refractivity contribution < 1.29 is 5.11 Å². The van der Waals surface area contributed by atoms with Crippen LogP contribution in [0.4, 0.5) is 5.69 Å². The molecule has 1 aromatic rings. The van der Waals surface area contributed by atoms with Gasteiger partial charge in [-0.25, -0.2) is 0 Å². The SMILES string of the molecule is CN(C)Cc1cc(N2CCNCC2)ccc1O. The molecule has 0 atom stereocenters. The number of nitrogens with one attached hydrogen (secondary N) is 1. The minimum atomic E-state index is 0.387. The monoisotopic (exact) mass is 235 g/mol. The molecule has 0 unspecified atom stereocenters. The number of aromatic hydroxyl groups is 1. The fourth-order valence-electron chi connectivity index (χ4n) is 2.16. The number of benzene rings is 1. The first-order valence-corrected chi connectivity index (χ1v) is 6.09. The lowest BCUT2D eigenvalue weighted by Gasteiger charge is -2.30. The Hall–Kier alpha value is -1.26. The molecule has 0 amide bonds. The van der Waals surface area contributed by atoms with Gasteiger partial charge in [-0.05, 0) is 32.3 Å². The molecule has 4 heteroatoms. The summed E-state index contributed by atoms with van der Waals surface area (Å²) in [5, 5.41) is 13.2. The second-order valence-corrected chi connectivity index (χ2v) is 4.79. The van der Waals surface area contributed by atoms with Crippen LogP contribution in [0.2, 0.25) is 0 Å². The Morgan fingerprint density at radius 1 is 1.29 bits per heavy atom. The van der Waals surface area contributed by atoms with Crippen LogP contribution >= 0.6 is 0 Å². The third-order valence-electron chi connectivity index (χ3n) is 3.03. The summed E-state index contributed by atoms with van der Waals surface area (Å²) in [4.78, 5) is 4.42. The van der Waals surface area contributed by atoms with Crippen molar-refractivity contribution in [1.82, 2.24) is 10.2 Å². The van der Waals surface area contributed by atoms with E-state index < -0.39 is 0 Å². The highest BCUT2D eigenvalue weighted by molar-refractivity contribution is 5.53. The van der Waals surface area contributed by atoms with Gasteiger partial charge in [-0.3, -0.25) is 0 Å². The van der Waals surface area contributed by atoms with Crippen LogP contribution in [0.25, 0.3) is 0 Å². The number of phenolic OH excluding ortho intramolecular Hbond substituents is 1. The molecule has 17 heavy (non-hydrogen) atoms. The Bertz CT molecular complexity index is 373. The molecule has 2 rings (SSSR count). The molecule has 1 aliphatic rings. The van der Waals surface area contributed by atoms with E-state index in [1.165, 1.54) is 5.69 Å². The van der Waals surface area contributed by atoms with Gasteiger partial charge >= 0.3 is 0 Å². The molecule has 1 heterocycles. The maximum absolute atomic E-state index is 9.82. The molecule has 0 radical (unpaired) electrons. The van der Waals surface area contributed by atoms with Gasteiger partial charge in [0.25, 0.3) is 0 Å². The van der Waals surface area contributed by atoms with E-state index in [0.717, 1.165) is 38.3 Å². The Kier molecular flexibility index (Phi) is 3.86. The zero-order valence-electron chi connectivity index (χ0n) is 10.6. The Morgan fingerprint density at radius 3 is 2.65 bits per heavy atom. The molecule has 1 aromatic carbocycles. The number of hydrogen-bond acceptors (Lipinski definition) is 4. The normalized spacial score (nSPS) is 16.5. The molecule has 0 spiro atoms. The fourth-order valence-corrected chi connectivity index (χ4v) is 2.16. The molecule has 0 bridgehead atoms. The van der Waals surface area contributed by atoms with Gasteiger partial charge in [-0.2, -0.15) is 0 Å². The minimum Gasteiger partial charge on any atom is -0.508 e. The molecular formula is C13H21N3O. The molecule has 1 aliphatic heterocycles. The quantitative estimate of drug-likeness (QED) is 0.815. The zero-order chi connectivity index (χ0) is 12.3. The van der Waals surface area contributed by atoms with Gasteiger partial charge in [0.15, 0.2) is 0 Å². The average Bonchev–Trinajstić information content (AvgIpc) is 2.32. The maximum Gasteiger partial charge on any atom is 0.120 e.